The van der Waals surface area contributed by atoms with E-state index >= 15 is 0 Å². The van der Waals surface area contributed by atoms with Crippen molar-refractivity contribution >= 4 is 32.3 Å². The third-order valence-corrected chi connectivity index (χ3v) is 7.00. The molecule has 0 spiro atoms. The van der Waals surface area contributed by atoms with E-state index in [0.29, 0.717) is 0 Å². The maximum atomic E-state index is 6.99. The summed E-state index contributed by atoms with van der Waals surface area (Å²) in [6.07, 6.45) is -0.223. The highest BCUT2D eigenvalue weighted by molar-refractivity contribution is 5.90. The molecule has 0 fully saturated rings. The van der Waals surface area contributed by atoms with Crippen LogP contribution in [0.5, 0.6) is 0 Å². The number of hydrogen-bond acceptors (Lipinski definition) is 1. The van der Waals surface area contributed by atoms with Crippen molar-refractivity contribution in [2.24, 2.45) is 0 Å². The molecule has 1 aliphatic heterocycles. The molecule has 6 aromatic carbocycles. The molecule has 0 saturated heterocycles. The van der Waals surface area contributed by atoms with Crippen LogP contribution in [0.3, 0.4) is 0 Å². The van der Waals surface area contributed by atoms with Gasteiger partial charge in [-0.1, -0.05) is 109 Å². The summed E-state index contributed by atoms with van der Waals surface area (Å²) in [5.41, 5.74) is 4.99. The number of ether oxygens (including phenoxy) is 1. The highest BCUT2D eigenvalue weighted by Crippen LogP contribution is 2.49. The van der Waals surface area contributed by atoms with Crippen LogP contribution in [0.1, 0.15) is 34.5 Å². The fourth-order valence-electron chi connectivity index (χ4n) is 5.45. The Morgan fingerprint density at radius 1 is 0.364 bits per heavy atom. The topological polar surface area (TPSA) is 9.23 Å². The summed E-state index contributed by atoms with van der Waals surface area (Å²) in [4.78, 5) is 0. The van der Waals surface area contributed by atoms with Crippen LogP contribution >= 0.6 is 0 Å². The molecule has 2 unspecified atom stereocenters. The molecular formula is C32H22O. The van der Waals surface area contributed by atoms with Crippen molar-refractivity contribution < 1.29 is 4.74 Å². The molecule has 0 saturated carbocycles. The van der Waals surface area contributed by atoms with E-state index in [2.05, 4.69) is 121 Å². The molecule has 0 aliphatic carbocycles. The quantitative estimate of drug-likeness (QED) is 0.272. The Morgan fingerprint density at radius 3 is 1.24 bits per heavy atom. The van der Waals surface area contributed by atoms with Crippen LogP contribution in [0.25, 0.3) is 32.3 Å². The molecule has 1 heteroatoms. The Balaban J connectivity index is 1.50. The first-order chi connectivity index (χ1) is 16.4. The molecule has 7 rings (SSSR count). The van der Waals surface area contributed by atoms with Crippen LogP contribution < -0.4 is 0 Å². The fraction of sp³-hybridized carbons (Fsp3) is 0.0625. The Hall–Kier alpha value is -3.94. The van der Waals surface area contributed by atoms with E-state index in [1.165, 1.54) is 54.6 Å². The van der Waals surface area contributed by atoms with Gasteiger partial charge in [-0.2, -0.15) is 0 Å². The second-order valence-electron chi connectivity index (χ2n) is 8.86. The first kappa shape index (κ1) is 18.6. The molecule has 156 valence electrons. The maximum Gasteiger partial charge on any atom is 0.110 e. The molecular weight excluding hydrogens is 400 g/mol. The number of fused-ring (bicyclic) bond motifs is 4. The monoisotopic (exact) mass is 422 g/mol. The van der Waals surface area contributed by atoms with E-state index in [9.17, 15) is 0 Å². The molecule has 2 atom stereocenters. The third kappa shape index (κ3) is 2.90. The molecule has 0 bridgehead atoms. The predicted molar refractivity (Wildman–Crippen MR) is 137 cm³/mol. The molecule has 1 heterocycles. The number of rotatable bonds is 2. The molecule has 33 heavy (non-hydrogen) atoms. The first-order valence-electron chi connectivity index (χ1n) is 11.5. The van der Waals surface area contributed by atoms with Gasteiger partial charge in [0.25, 0.3) is 0 Å². The normalized spacial score (nSPS) is 17.6. The van der Waals surface area contributed by atoms with Gasteiger partial charge in [-0.05, 0) is 66.7 Å². The van der Waals surface area contributed by atoms with Crippen molar-refractivity contribution in [1.82, 2.24) is 0 Å². The fourth-order valence-corrected chi connectivity index (χ4v) is 5.45. The Bertz CT molecular complexity index is 1530. The second kappa shape index (κ2) is 7.30. The summed E-state index contributed by atoms with van der Waals surface area (Å²) < 4.78 is 6.99. The zero-order chi connectivity index (χ0) is 21.8. The molecule has 1 nitrogen and oxygen atoms in total. The minimum atomic E-state index is -0.111. The van der Waals surface area contributed by atoms with Crippen LogP contribution in [-0.4, -0.2) is 0 Å². The van der Waals surface area contributed by atoms with Crippen molar-refractivity contribution in [3.8, 4) is 0 Å². The summed E-state index contributed by atoms with van der Waals surface area (Å²) in [5, 5.41) is 7.50. The van der Waals surface area contributed by atoms with Crippen LogP contribution in [-0.2, 0) is 4.74 Å². The smallest absolute Gasteiger partial charge is 0.110 e. The van der Waals surface area contributed by atoms with Gasteiger partial charge in [0.15, 0.2) is 0 Å². The lowest BCUT2D eigenvalue weighted by Crippen LogP contribution is -2.03. The summed E-state index contributed by atoms with van der Waals surface area (Å²) >= 11 is 0. The molecule has 0 aromatic heterocycles. The van der Waals surface area contributed by atoms with Crippen molar-refractivity contribution in [3.63, 3.8) is 0 Å². The Kier molecular flexibility index (Phi) is 4.12. The van der Waals surface area contributed by atoms with Gasteiger partial charge in [0, 0.05) is 0 Å². The van der Waals surface area contributed by atoms with Gasteiger partial charge in [-0.15, -0.1) is 0 Å². The van der Waals surface area contributed by atoms with Crippen molar-refractivity contribution in [2.45, 2.75) is 12.2 Å². The van der Waals surface area contributed by atoms with E-state index < -0.39 is 0 Å². The summed E-state index contributed by atoms with van der Waals surface area (Å²) in [7, 11) is 0. The van der Waals surface area contributed by atoms with Crippen molar-refractivity contribution in [3.05, 3.63) is 144 Å². The van der Waals surface area contributed by atoms with Crippen LogP contribution in [0.15, 0.2) is 121 Å². The van der Waals surface area contributed by atoms with E-state index in [4.69, 9.17) is 4.74 Å². The standard InChI is InChI=1S/C32H22O/c1-2-12-24-20-30-29(19-23(24)11-1)31(27-17-7-13-21-9-3-5-15-25(21)27)33-32(30)28-18-8-14-22-10-4-6-16-26(22)28/h1-20,31-32H. The highest BCUT2D eigenvalue weighted by Gasteiger charge is 2.35. The second-order valence-corrected chi connectivity index (χ2v) is 8.86. The SMILES string of the molecule is c1ccc2cc3c(cc2c1)C(c1cccc2ccccc12)OC3c1cccc2ccccc12. The van der Waals surface area contributed by atoms with E-state index in [0.717, 1.165) is 0 Å². The van der Waals surface area contributed by atoms with Crippen LogP contribution in [0.4, 0.5) is 0 Å². The summed E-state index contributed by atoms with van der Waals surface area (Å²) in [5.74, 6) is 0. The highest BCUT2D eigenvalue weighted by atomic mass is 16.5. The third-order valence-electron chi connectivity index (χ3n) is 7.00. The lowest BCUT2D eigenvalue weighted by atomic mass is 9.89. The summed E-state index contributed by atoms with van der Waals surface area (Å²) in [6, 6.07) is 43.6. The minimum Gasteiger partial charge on any atom is -0.356 e. The van der Waals surface area contributed by atoms with Crippen molar-refractivity contribution in [2.75, 3.05) is 0 Å². The zero-order valence-electron chi connectivity index (χ0n) is 18.1. The predicted octanol–water partition coefficient (Wildman–Crippen LogP) is 8.36. The number of hydrogen-bond donors (Lipinski definition) is 0. The van der Waals surface area contributed by atoms with Crippen molar-refractivity contribution in [1.29, 1.82) is 0 Å². The molecule has 0 radical (unpaired) electrons. The van der Waals surface area contributed by atoms with Crippen LogP contribution in [0.2, 0.25) is 0 Å². The lowest BCUT2D eigenvalue weighted by molar-refractivity contribution is 0.0599. The molecule has 0 N–H and O–H groups in total. The average molecular weight is 423 g/mol. The summed E-state index contributed by atoms with van der Waals surface area (Å²) in [6.45, 7) is 0. The van der Waals surface area contributed by atoms with Gasteiger partial charge in [0.05, 0.1) is 0 Å². The van der Waals surface area contributed by atoms with Gasteiger partial charge >= 0.3 is 0 Å². The van der Waals surface area contributed by atoms with E-state index in [-0.39, 0.29) is 12.2 Å². The Morgan fingerprint density at radius 2 is 0.758 bits per heavy atom. The van der Waals surface area contributed by atoms with Gasteiger partial charge < -0.3 is 4.74 Å². The molecule has 0 amide bonds. The van der Waals surface area contributed by atoms with Crippen LogP contribution in [0, 0.1) is 0 Å². The average Bonchev–Trinajstić information content (AvgIpc) is 3.24. The van der Waals surface area contributed by atoms with Gasteiger partial charge in [-0.25, -0.2) is 0 Å². The van der Waals surface area contributed by atoms with Gasteiger partial charge in [0.1, 0.15) is 12.2 Å². The van der Waals surface area contributed by atoms with Gasteiger partial charge in [-0.3, -0.25) is 0 Å². The van der Waals surface area contributed by atoms with Gasteiger partial charge in [0.2, 0.25) is 0 Å². The number of benzene rings is 6. The maximum absolute atomic E-state index is 6.99. The minimum absolute atomic E-state index is 0.111. The van der Waals surface area contributed by atoms with E-state index in [1.807, 2.05) is 0 Å². The lowest BCUT2D eigenvalue weighted by Gasteiger charge is -2.18. The zero-order valence-corrected chi connectivity index (χ0v) is 18.1. The molecule has 1 aliphatic rings. The largest absolute Gasteiger partial charge is 0.356 e. The van der Waals surface area contributed by atoms with E-state index in [1.54, 1.807) is 0 Å². The molecule has 6 aromatic rings. The first-order valence-corrected chi connectivity index (χ1v) is 11.5. The Labute approximate surface area is 192 Å².